The molecule has 2 heterocycles. The number of aryl methyl sites for hydroxylation is 1. The molecule has 73 heavy (non-hydrogen) atoms. The Bertz CT molecular complexity index is 2860. The molecule has 4 aliphatic rings. The first-order valence-electron chi connectivity index (χ1n) is 27.4. The molecular formula is C64H80O6SSi2. The van der Waals surface area contributed by atoms with E-state index in [0.717, 1.165) is 71.9 Å². The van der Waals surface area contributed by atoms with Crippen LogP contribution >= 0.6 is 11.8 Å². The van der Waals surface area contributed by atoms with E-state index in [-0.39, 0.29) is 22.0 Å². The number of hydrogen-bond acceptors (Lipinski definition) is 7. The highest BCUT2D eigenvalue weighted by molar-refractivity contribution is 8.01. The van der Waals surface area contributed by atoms with Crippen LogP contribution in [0.1, 0.15) is 147 Å². The second-order valence-corrected chi connectivity index (χ2v) is 31.4. The summed E-state index contributed by atoms with van der Waals surface area (Å²) in [5.74, 6) is 3.08. The van der Waals surface area contributed by atoms with Crippen LogP contribution in [0, 0.1) is 17.3 Å². The fourth-order valence-electron chi connectivity index (χ4n) is 12.6. The molecule has 0 amide bonds. The second-order valence-electron chi connectivity index (χ2n) is 23.3. The van der Waals surface area contributed by atoms with Gasteiger partial charge in [-0.2, -0.15) is 0 Å². The molecule has 0 N–H and O–H groups in total. The van der Waals surface area contributed by atoms with Gasteiger partial charge in [-0.25, -0.2) is 4.79 Å². The maximum absolute atomic E-state index is 11.9. The highest BCUT2D eigenvalue weighted by Crippen LogP contribution is 2.66. The minimum absolute atomic E-state index is 0.122. The van der Waals surface area contributed by atoms with Crippen molar-refractivity contribution >= 4 is 52.4 Å². The maximum atomic E-state index is 11.9. The molecule has 0 bridgehead atoms. The Kier molecular flexibility index (Phi) is 15.2. The van der Waals surface area contributed by atoms with E-state index in [1.165, 1.54) is 69.3 Å². The maximum Gasteiger partial charge on any atom is 0.333 e. The fraction of sp³-hybridized carbons (Fsp3) is 0.484. The van der Waals surface area contributed by atoms with Gasteiger partial charge in [0.25, 0.3) is 0 Å². The molecule has 1 spiro atoms. The third kappa shape index (κ3) is 9.61. The average Bonchev–Trinajstić information content (AvgIpc) is 3.93. The van der Waals surface area contributed by atoms with E-state index in [2.05, 4.69) is 172 Å². The normalized spacial score (nSPS) is 19.7. The quantitative estimate of drug-likeness (QED) is 0.0353. The number of methoxy groups -OCH3 is 1. The number of carbonyl (C=O) groups excluding carboxylic acids is 1. The molecule has 1 fully saturated rings. The summed E-state index contributed by atoms with van der Waals surface area (Å²) in [6, 6.07) is 32.9. The standard InChI is InChI=1S/C64H80O6SSi2/c1-14-61(15-2)33-35-62(36-34-61)54-20-17-16-19-50(54)57-52-39-55-56(71-64(68-55,42(5)6)43(7)8)40-53(52)59-51(58(57)62)31-32-63(69-59,48-27-29-49(66-11)30-28-48)47-25-23-46(24-26-47)22-21-44(9)72-70-45(10)73(12,13)38-18-37-67-60(65)41(3)4/h16-17,19-20,23-32,39-40,42-45H,3,14-15,18,21-22,33-38H2,1-2,4-13H3. The van der Waals surface area contributed by atoms with Gasteiger partial charge in [-0.1, -0.05) is 166 Å². The molecule has 9 rings (SSSR count). The van der Waals surface area contributed by atoms with Crippen molar-refractivity contribution in [3.63, 3.8) is 0 Å². The second kappa shape index (κ2) is 20.9. The first-order valence-corrected chi connectivity index (χ1v) is 32.5. The van der Waals surface area contributed by atoms with Crippen LogP contribution in [0.5, 0.6) is 17.2 Å². The minimum Gasteiger partial charge on any atom is -0.497 e. The molecule has 0 aromatic heterocycles. The Morgan fingerprint density at radius 1 is 0.849 bits per heavy atom. The van der Waals surface area contributed by atoms with Crippen molar-refractivity contribution in [2.75, 3.05) is 13.7 Å². The largest absolute Gasteiger partial charge is 0.497 e. The summed E-state index contributed by atoms with van der Waals surface area (Å²) in [5, 5.41) is 2.37. The Balaban J connectivity index is 1.07. The van der Waals surface area contributed by atoms with Crippen molar-refractivity contribution < 1.29 is 28.2 Å². The number of thioether (sulfide) groups is 1. The van der Waals surface area contributed by atoms with Gasteiger partial charge in [-0.3, -0.25) is 0 Å². The summed E-state index contributed by atoms with van der Waals surface area (Å²) in [7, 11) is 0.482. The van der Waals surface area contributed by atoms with Crippen LogP contribution in [0.3, 0.4) is 0 Å². The Morgan fingerprint density at radius 3 is 2.14 bits per heavy atom. The van der Waals surface area contributed by atoms with Crippen molar-refractivity contribution in [2.45, 2.75) is 171 Å². The van der Waals surface area contributed by atoms with E-state index < -0.39 is 13.7 Å². The van der Waals surface area contributed by atoms with Crippen molar-refractivity contribution in [1.82, 2.24) is 0 Å². The first-order chi connectivity index (χ1) is 34.9. The van der Waals surface area contributed by atoms with Crippen LogP contribution in [0.4, 0.5) is 0 Å². The SMILES string of the molecule is C=C(C)C(=O)OCCC[Si](C)(C)C(C)O[Si]C(C)CCc1ccc(C2(c3ccc(OC)cc3)C=Cc3c4c(c5cc6c(cc5c3O2)SC(C(C)C)(C(C)C)O6)-c2ccccc2C42CCC(CC)(CC)CC2)cc1. The number of rotatable bonds is 19. The van der Waals surface area contributed by atoms with Gasteiger partial charge in [-0.15, -0.1) is 0 Å². The van der Waals surface area contributed by atoms with Crippen LogP contribution in [0.2, 0.25) is 24.7 Å². The van der Waals surface area contributed by atoms with Crippen molar-refractivity contribution in [3.8, 4) is 28.4 Å². The molecule has 0 saturated heterocycles. The molecule has 2 aliphatic carbocycles. The first kappa shape index (κ1) is 53.3. The molecule has 3 unspecified atom stereocenters. The van der Waals surface area contributed by atoms with E-state index in [1.807, 2.05) is 11.8 Å². The third-order valence-corrected chi connectivity index (χ3v) is 25.2. The average molecular weight is 1030 g/mol. The number of hydrogen-bond donors (Lipinski definition) is 0. The molecule has 2 radical (unpaired) electrons. The van der Waals surface area contributed by atoms with Crippen LogP contribution in [0.15, 0.2) is 108 Å². The molecule has 5 aromatic carbocycles. The van der Waals surface area contributed by atoms with Crippen molar-refractivity contribution in [2.24, 2.45) is 17.3 Å². The molecule has 6 nitrogen and oxygen atoms in total. The number of benzene rings is 5. The van der Waals surface area contributed by atoms with E-state index in [0.29, 0.717) is 44.7 Å². The van der Waals surface area contributed by atoms with E-state index in [9.17, 15) is 4.79 Å². The Labute approximate surface area is 445 Å². The number of ether oxygens (including phenoxy) is 4. The Hall–Kier alpha value is -4.55. The summed E-state index contributed by atoms with van der Waals surface area (Å²) in [6.45, 7) is 29.1. The molecule has 2 aliphatic heterocycles. The van der Waals surface area contributed by atoms with Gasteiger partial charge in [0.05, 0.1) is 26.7 Å². The lowest BCUT2D eigenvalue weighted by atomic mass is 9.58. The molecule has 5 aromatic rings. The summed E-state index contributed by atoms with van der Waals surface area (Å²) < 4.78 is 32.9. The zero-order valence-corrected chi connectivity index (χ0v) is 48.7. The topological polar surface area (TPSA) is 63.2 Å². The van der Waals surface area contributed by atoms with E-state index in [1.54, 1.807) is 14.0 Å². The predicted molar refractivity (Wildman–Crippen MR) is 307 cm³/mol. The summed E-state index contributed by atoms with van der Waals surface area (Å²) in [4.78, 5) is 12.7. The van der Waals surface area contributed by atoms with Crippen LogP contribution in [-0.2, 0) is 31.4 Å². The van der Waals surface area contributed by atoms with Crippen LogP contribution in [-0.4, -0.2) is 48.2 Å². The molecule has 386 valence electrons. The summed E-state index contributed by atoms with van der Waals surface area (Å²) in [5.41, 5.74) is 10.8. The monoisotopic (exact) mass is 1030 g/mol. The summed E-state index contributed by atoms with van der Waals surface area (Å²) in [6.07, 6.45) is 14.8. The van der Waals surface area contributed by atoms with Crippen molar-refractivity contribution in [3.05, 3.63) is 137 Å². The van der Waals surface area contributed by atoms with E-state index >= 15 is 0 Å². The summed E-state index contributed by atoms with van der Waals surface area (Å²) >= 11 is 1.89. The fourth-order valence-corrected chi connectivity index (χ4v) is 17.6. The van der Waals surface area contributed by atoms with Crippen LogP contribution < -0.4 is 14.2 Å². The third-order valence-electron chi connectivity index (χ3n) is 18.0. The van der Waals surface area contributed by atoms with Gasteiger partial charge < -0.3 is 23.4 Å². The smallest absolute Gasteiger partial charge is 0.333 e. The van der Waals surface area contributed by atoms with Gasteiger partial charge in [0, 0.05) is 50.6 Å². The lowest BCUT2D eigenvalue weighted by Gasteiger charge is -2.47. The highest BCUT2D eigenvalue weighted by atomic mass is 32.2. The zero-order chi connectivity index (χ0) is 52.1. The Morgan fingerprint density at radius 2 is 1.51 bits per heavy atom. The lowest BCUT2D eigenvalue weighted by molar-refractivity contribution is -0.138. The lowest BCUT2D eigenvalue weighted by Crippen LogP contribution is -2.42. The van der Waals surface area contributed by atoms with Gasteiger partial charge in [0.15, 0.2) is 10.5 Å². The van der Waals surface area contributed by atoms with Crippen molar-refractivity contribution in [1.29, 1.82) is 0 Å². The molecule has 1 saturated carbocycles. The highest BCUT2D eigenvalue weighted by Gasteiger charge is 2.53. The molecule has 9 heteroatoms. The van der Waals surface area contributed by atoms with Gasteiger partial charge >= 0.3 is 5.97 Å². The van der Waals surface area contributed by atoms with Gasteiger partial charge in [0.2, 0.25) is 9.76 Å². The molecule has 3 atom stereocenters. The number of carbonyl (C=O) groups is 1. The zero-order valence-electron chi connectivity index (χ0n) is 45.9. The number of esters is 1. The van der Waals surface area contributed by atoms with Gasteiger partial charge in [0.1, 0.15) is 17.2 Å². The van der Waals surface area contributed by atoms with Gasteiger partial charge in [-0.05, 0) is 133 Å². The van der Waals surface area contributed by atoms with E-state index in [4.69, 9.17) is 23.4 Å². The minimum atomic E-state index is -1.68. The number of fused-ring (bicyclic) bond motifs is 11. The molecular weight excluding hydrogens is 953 g/mol. The van der Waals surface area contributed by atoms with Crippen LogP contribution in [0.25, 0.3) is 28.0 Å². The predicted octanol–water partition coefficient (Wildman–Crippen LogP) is 16.9.